The predicted octanol–water partition coefficient (Wildman–Crippen LogP) is 1.71. The molecule has 0 aromatic carbocycles. The lowest BCUT2D eigenvalue weighted by Crippen LogP contribution is -2.52. The van der Waals surface area contributed by atoms with Gasteiger partial charge in [-0.3, -0.25) is 4.90 Å². The molecule has 3 heteroatoms. The molecule has 1 aliphatic carbocycles. The van der Waals surface area contributed by atoms with E-state index in [4.69, 9.17) is 0 Å². The van der Waals surface area contributed by atoms with E-state index in [0.29, 0.717) is 12.1 Å². The molecular weight excluding hydrogens is 212 g/mol. The Hall–Kier alpha value is -0.120. The van der Waals surface area contributed by atoms with Gasteiger partial charge in [-0.05, 0) is 46.3 Å². The molecule has 0 aromatic heterocycles. The topological polar surface area (TPSA) is 26.7 Å². The zero-order valence-electron chi connectivity index (χ0n) is 11.4. The molecule has 0 radical (unpaired) electrons. The fourth-order valence-electron chi connectivity index (χ4n) is 3.40. The van der Waals surface area contributed by atoms with Crippen molar-refractivity contribution < 1.29 is 5.11 Å². The minimum atomic E-state index is -0.0848. The predicted molar refractivity (Wildman–Crippen MR) is 71.2 cm³/mol. The second-order valence-corrected chi connectivity index (χ2v) is 6.03. The number of nitrogens with zero attached hydrogens (tertiary/aromatic N) is 2. The van der Waals surface area contributed by atoms with Crippen molar-refractivity contribution in [3.63, 3.8) is 0 Å². The Kier molecular flexibility index (Phi) is 4.83. The second kappa shape index (κ2) is 6.17. The van der Waals surface area contributed by atoms with Crippen LogP contribution in [0.5, 0.6) is 0 Å². The van der Waals surface area contributed by atoms with Crippen molar-refractivity contribution in [1.29, 1.82) is 0 Å². The van der Waals surface area contributed by atoms with Crippen LogP contribution in [0.4, 0.5) is 0 Å². The molecule has 2 aliphatic rings. The van der Waals surface area contributed by atoms with Crippen molar-refractivity contribution in [3.05, 3.63) is 0 Å². The van der Waals surface area contributed by atoms with Crippen molar-refractivity contribution in [2.24, 2.45) is 0 Å². The number of likely N-dealkylation sites (N-methyl/N-ethyl adjacent to an activating group) is 1. The number of piperidine rings is 1. The maximum atomic E-state index is 10.3. The van der Waals surface area contributed by atoms with E-state index in [0.717, 1.165) is 13.0 Å². The first-order valence-electron chi connectivity index (χ1n) is 7.27. The molecule has 100 valence electrons. The molecule has 1 saturated heterocycles. The van der Waals surface area contributed by atoms with Gasteiger partial charge in [-0.25, -0.2) is 0 Å². The third-order valence-corrected chi connectivity index (χ3v) is 4.57. The van der Waals surface area contributed by atoms with Crippen LogP contribution in [-0.4, -0.2) is 60.3 Å². The third-order valence-electron chi connectivity index (χ3n) is 4.57. The van der Waals surface area contributed by atoms with Gasteiger partial charge in [-0.2, -0.15) is 0 Å². The average molecular weight is 240 g/mol. The van der Waals surface area contributed by atoms with Gasteiger partial charge in [0, 0.05) is 18.6 Å². The molecule has 1 heterocycles. The number of likely N-dealkylation sites (tertiary alicyclic amines) is 1. The van der Waals surface area contributed by atoms with Gasteiger partial charge in [0.1, 0.15) is 0 Å². The normalized spacial score (nSPS) is 37.1. The highest BCUT2D eigenvalue weighted by Crippen LogP contribution is 2.25. The van der Waals surface area contributed by atoms with E-state index in [9.17, 15) is 5.11 Å². The summed E-state index contributed by atoms with van der Waals surface area (Å²) < 4.78 is 0. The molecule has 1 aliphatic heterocycles. The molecule has 0 aromatic rings. The van der Waals surface area contributed by atoms with Gasteiger partial charge >= 0.3 is 0 Å². The molecule has 3 atom stereocenters. The van der Waals surface area contributed by atoms with Crippen molar-refractivity contribution in [3.8, 4) is 0 Å². The molecule has 0 bridgehead atoms. The molecule has 17 heavy (non-hydrogen) atoms. The summed E-state index contributed by atoms with van der Waals surface area (Å²) in [7, 11) is 4.36. The molecule has 2 rings (SSSR count). The summed E-state index contributed by atoms with van der Waals surface area (Å²) in [5.74, 6) is 0. The molecule has 3 unspecified atom stereocenters. The molecular formula is C14H28N2O. The van der Waals surface area contributed by atoms with E-state index in [2.05, 4.69) is 23.9 Å². The van der Waals surface area contributed by atoms with Crippen LogP contribution in [0.1, 0.15) is 44.9 Å². The summed E-state index contributed by atoms with van der Waals surface area (Å²) in [6.45, 7) is 2.33. The van der Waals surface area contributed by atoms with Gasteiger partial charge in [0.25, 0.3) is 0 Å². The Labute approximate surface area is 106 Å². The third kappa shape index (κ3) is 3.43. The zero-order valence-corrected chi connectivity index (χ0v) is 11.4. The van der Waals surface area contributed by atoms with Crippen LogP contribution in [-0.2, 0) is 0 Å². The standard InChI is InChI=1S/C14H28N2O/c1-15(2)12-7-6-10-16(11-12)13-8-4-3-5-9-14(13)17/h12-14,17H,3-11H2,1-2H3. The summed E-state index contributed by atoms with van der Waals surface area (Å²) in [5, 5.41) is 10.3. The minimum absolute atomic E-state index is 0.0848. The summed E-state index contributed by atoms with van der Waals surface area (Å²) in [5.41, 5.74) is 0. The fraction of sp³-hybridized carbons (Fsp3) is 1.00. The van der Waals surface area contributed by atoms with Gasteiger partial charge in [-0.1, -0.05) is 19.3 Å². The van der Waals surface area contributed by atoms with Crippen molar-refractivity contribution in [2.45, 2.75) is 63.1 Å². The van der Waals surface area contributed by atoms with Crippen LogP contribution in [0.25, 0.3) is 0 Å². The highest BCUT2D eigenvalue weighted by molar-refractivity contribution is 4.87. The number of aliphatic hydroxyl groups excluding tert-OH is 1. The maximum absolute atomic E-state index is 10.3. The largest absolute Gasteiger partial charge is 0.391 e. The van der Waals surface area contributed by atoms with Crippen molar-refractivity contribution in [1.82, 2.24) is 9.80 Å². The summed E-state index contributed by atoms with van der Waals surface area (Å²) in [6.07, 6.45) is 8.53. The van der Waals surface area contributed by atoms with Gasteiger partial charge < -0.3 is 10.0 Å². The Morgan fingerprint density at radius 3 is 2.53 bits per heavy atom. The van der Waals surface area contributed by atoms with Crippen LogP contribution in [0.2, 0.25) is 0 Å². The first kappa shape index (κ1) is 13.3. The Morgan fingerprint density at radius 1 is 1.00 bits per heavy atom. The summed E-state index contributed by atoms with van der Waals surface area (Å²) in [6, 6.07) is 1.11. The second-order valence-electron chi connectivity index (χ2n) is 6.03. The molecule has 3 nitrogen and oxygen atoms in total. The smallest absolute Gasteiger partial charge is 0.0695 e. The van der Waals surface area contributed by atoms with E-state index in [1.807, 2.05) is 0 Å². The number of hydrogen-bond donors (Lipinski definition) is 1. The minimum Gasteiger partial charge on any atom is -0.391 e. The fourth-order valence-corrected chi connectivity index (χ4v) is 3.40. The number of aliphatic hydroxyl groups is 1. The highest BCUT2D eigenvalue weighted by atomic mass is 16.3. The SMILES string of the molecule is CN(C)C1CCCN(C2CCCCCC2O)C1. The van der Waals surface area contributed by atoms with Gasteiger partial charge in [0.2, 0.25) is 0 Å². The van der Waals surface area contributed by atoms with Gasteiger partial charge in [0.05, 0.1) is 6.10 Å². The lowest BCUT2D eigenvalue weighted by molar-refractivity contribution is 0.0145. The molecule has 1 saturated carbocycles. The molecule has 2 fully saturated rings. The van der Waals surface area contributed by atoms with Gasteiger partial charge in [0.15, 0.2) is 0 Å². The first-order chi connectivity index (χ1) is 8.18. The van der Waals surface area contributed by atoms with E-state index < -0.39 is 0 Å². The Bertz CT molecular complexity index is 232. The highest BCUT2D eigenvalue weighted by Gasteiger charge is 2.31. The average Bonchev–Trinajstić information content (AvgIpc) is 2.54. The molecule has 0 spiro atoms. The molecule has 1 N–H and O–H groups in total. The lowest BCUT2D eigenvalue weighted by Gasteiger charge is -2.41. The monoisotopic (exact) mass is 240 g/mol. The van der Waals surface area contributed by atoms with E-state index in [-0.39, 0.29) is 6.10 Å². The van der Waals surface area contributed by atoms with E-state index in [1.54, 1.807) is 0 Å². The van der Waals surface area contributed by atoms with E-state index >= 15 is 0 Å². The number of hydrogen-bond acceptors (Lipinski definition) is 3. The van der Waals surface area contributed by atoms with Crippen molar-refractivity contribution in [2.75, 3.05) is 27.2 Å². The number of rotatable bonds is 2. The van der Waals surface area contributed by atoms with Crippen LogP contribution >= 0.6 is 0 Å². The lowest BCUT2D eigenvalue weighted by atomic mass is 9.98. The first-order valence-corrected chi connectivity index (χ1v) is 7.27. The summed E-state index contributed by atoms with van der Waals surface area (Å²) in [4.78, 5) is 4.90. The van der Waals surface area contributed by atoms with E-state index in [1.165, 1.54) is 45.1 Å². The van der Waals surface area contributed by atoms with Gasteiger partial charge in [-0.15, -0.1) is 0 Å². The van der Waals surface area contributed by atoms with Crippen LogP contribution in [0.3, 0.4) is 0 Å². The van der Waals surface area contributed by atoms with Crippen LogP contribution in [0, 0.1) is 0 Å². The maximum Gasteiger partial charge on any atom is 0.0695 e. The quantitative estimate of drug-likeness (QED) is 0.744. The molecule has 0 amide bonds. The zero-order chi connectivity index (χ0) is 12.3. The summed E-state index contributed by atoms with van der Waals surface area (Å²) >= 11 is 0. The van der Waals surface area contributed by atoms with Crippen molar-refractivity contribution >= 4 is 0 Å². The Balaban J connectivity index is 1.95. The van der Waals surface area contributed by atoms with Crippen LogP contribution < -0.4 is 0 Å². The Morgan fingerprint density at radius 2 is 1.76 bits per heavy atom. The van der Waals surface area contributed by atoms with Crippen LogP contribution in [0.15, 0.2) is 0 Å².